The molecule has 1 saturated carbocycles. The number of aromatic nitrogens is 1. The summed E-state index contributed by atoms with van der Waals surface area (Å²) in [4.78, 5) is 14.6. The van der Waals surface area contributed by atoms with Gasteiger partial charge in [0.1, 0.15) is 0 Å². The summed E-state index contributed by atoms with van der Waals surface area (Å²) in [5.74, 6) is 0.154. The molecule has 1 heterocycles. The van der Waals surface area contributed by atoms with Crippen LogP contribution in [-0.4, -0.2) is 16.9 Å². The van der Waals surface area contributed by atoms with Crippen molar-refractivity contribution in [1.29, 1.82) is 0 Å². The smallest absolute Gasteiger partial charge is 0.224 e. The van der Waals surface area contributed by atoms with Crippen LogP contribution in [0.5, 0.6) is 0 Å². The van der Waals surface area contributed by atoms with Gasteiger partial charge in [-0.1, -0.05) is 19.3 Å². The lowest BCUT2D eigenvalue weighted by Crippen LogP contribution is -2.37. The molecule has 82 valence electrons. The zero-order chi connectivity index (χ0) is 10.5. The Morgan fingerprint density at radius 1 is 1.40 bits per heavy atom. The van der Waals surface area contributed by atoms with E-state index < -0.39 is 0 Å². The lowest BCUT2D eigenvalue weighted by Gasteiger charge is -2.22. The van der Waals surface area contributed by atoms with E-state index in [2.05, 4.69) is 10.3 Å². The van der Waals surface area contributed by atoms with E-state index in [0.717, 1.165) is 18.4 Å². The van der Waals surface area contributed by atoms with Gasteiger partial charge in [-0.2, -0.15) is 0 Å². The Morgan fingerprint density at radius 2 is 2.20 bits per heavy atom. The molecule has 0 spiro atoms. The van der Waals surface area contributed by atoms with Crippen LogP contribution in [0, 0.1) is 0 Å². The topological polar surface area (TPSA) is 44.9 Å². The Balaban J connectivity index is 1.76. The van der Waals surface area contributed by atoms with E-state index in [0.29, 0.717) is 12.5 Å². The monoisotopic (exact) mass is 206 g/mol. The van der Waals surface area contributed by atoms with Crippen LogP contribution in [0.2, 0.25) is 0 Å². The number of carbonyl (C=O) groups is 1. The molecule has 2 rings (SSSR count). The Hall–Kier alpha value is -1.25. The zero-order valence-corrected chi connectivity index (χ0v) is 8.96. The fourth-order valence-electron chi connectivity index (χ4n) is 2.18. The Bertz CT molecular complexity index is 299. The van der Waals surface area contributed by atoms with Crippen LogP contribution in [0.4, 0.5) is 0 Å². The summed E-state index contributed by atoms with van der Waals surface area (Å²) >= 11 is 0. The van der Waals surface area contributed by atoms with E-state index in [9.17, 15) is 4.79 Å². The van der Waals surface area contributed by atoms with Crippen molar-refractivity contribution in [1.82, 2.24) is 10.3 Å². The number of aromatic amines is 1. The molecular formula is C12H18N2O. The third kappa shape index (κ3) is 3.11. The summed E-state index contributed by atoms with van der Waals surface area (Å²) in [6, 6.07) is 2.37. The minimum absolute atomic E-state index is 0.154. The van der Waals surface area contributed by atoms with E-state index in [1.165, 1.54) is 19.3 Å². The second-order valence-corrected chi connectivity index (χ2v) is 4.30. The number of amides is 1. The van der Waals surface area contributed by atoms with Gasteiger partial charge in [-0.3, -0.25) is 4.79 Å². The van der Waals surface area contributed by atoms with E-state index in [4.69, 9.17) is 0 Å². The largest absolute Gasteiger partial charge is 0.367 e. The van der Waals surface area contributed by atoms with Crippen molar-refractivity contribution in [3.8, 4) is 0 Å². The maximum absolute atomic E-state index is 11.7. The molecule has 3 heteroatoms. The zero-order valence-electron chi connectivity index (χ0n) is 8.96. The van der Waals surface area contributed by atoms with Gasteiger partial charge in [0.25, 0.3) is 0 Å². The molecule has 0 unspecified atom stereocenters. The number of rotatable bonds is 3. The molecule has 0 bridgehead atoms. The average Bonchev–Trinajstić information content (AvgIpc) is 2.71. The minimum Gasteiger partial charge on any atom is -0.367 e. The molecule has 0 aliphatic heterocycles. The Labute approximate surface area is 90.3 Å². The van der Waals surface area contributed by atoms with E-state index in [1.54, 1.807) is 0 Å². The van der Waals surface area contributed by atoms with Gasteiger partial charge in [-0.05, 0) is 24.5 Å². The lowest BCUT2D eigenvalue weighted by molar-refractivity contribution is -0.121. The molecule has 0 saturated heterocycles. The molecule has 3 nitrogen and oxygen atoms in total. The number of hydrogen-bond donors (Lipinski definition) is 2. The molecule has 1 aromatic heterocycles. The molecule has 0 radical (unpaired) electrons. The fraction of sp³-hybridized carbons (Fsp3) is 0.583. The first-order valence-corrected chi connectivity index (χ1v) is 5.75. The van der Waals surface area contributed by atoms with Crippen LogP contribution in [0.25, 0.3) is 0 Å². The van der Waals surface area contributed by atoms with Crippen LogP contribution in [0.3, 0.4) is 0 Å². The summed E-state index contributed by atoms with van der Waals surface area (Å²) in [6.07, 6.45) is 10.4. The van der Waals surface area contributed by atoms with Gasteiger partial charge < -0.3 is 10.3 Å². The highest BCUT2D eigenvalue weighted by molar-refractivity contribution is 5.78. The molecule has 15 heavy (non-hydrogen) atoms. The summed E-state index contributed by atoms with van der Waals surface area (Å²) in [5.41, 5.74) is 1.06. The van der Waals surface area contributed by atoms with Gasteiger partial charge in [-0.25, -0.2) is 0 Å². The van der Waals surface area contributed by atoms with Crippen LogP contribution in [0.1, 0.15) is 37.7 Å². The first kappa shape index (κ1) is 10.3. The van der Waals surface area contributed by atoms with Crippen LogP contribution in [0.15, 0.2) is 18.5 Å². The Morgan fingerprint density at radius 3 is 2.87 bits per heavy atom. The number of carbonyl (C=O) groups excluding carboxylic acids is 1. The van der Waals surface area contributed by atoms with Gasteiger partial charge in [0, 0.05) is 18.4 Å². The molecule has 1 aromatic rings. The first-order chi connectivity index (χ1) is 7.34. The Kier molecular flexibility index (Phi) is 3.43. The summed E-state index contributed by atoms with van der Waals surface area (Å²) < 4.78 is 0. The molecule has 0 atom stereocenters. The highest BCUT2D eigenvalue weighted by atomic mass is 16.1. The van der Waals surface area contributed by atoms with Gasteiger partial charge in [0.2, 0.25) is 5.91 Å². The molecule has 1 amide bonds. The summed E-state index contributed by atoms with van der Waals surface area (Å²) in [6.45, 7) is 0. The highest BCUT2D eigenvalue weighted by Gasteiger charge is 2.15. The number of nitrogens with one attached hydrogen (secondary N) is 2. The number of H-pyrrole nitrogens is 1. The molecule has 1 fully saturated rings. The predicted molar refractivity (Wildman–Crippen MR) is 59.5 cm³/mol. The van der Waals surface area contributed by atoms with Crippen molar-refractivity contribution < 1.29 is 4.79 Å². The maximum Gasteiger partial charge on any atom is 0.224 e. The quantitative estimate of drug-likeness (QED) is 0.780. The normalized spacial score (nSPS) is 17.6. The van der Waals surface area contributed by atoms with Crippen molar-refractivity contribution in [2.75, 3.05) is 0 Å². The van der Waals surface area contributed by atoms with E-state index in [-0.39, 0.29) is 5.91 Å². The fourth-order valence-corrected chi connectivity index (χ4v) is 2.18. The van der Waals surface area contributed by atoms with Crippen molar-refractivity contribution in [2.24, 2.45) is 0 Å². The average molecular weight is 206 g/mol. The van der Waals surface area contributed by atoms with Crippen molar-refractivity contribution in [3.63, 3.8) is 0 Å². The third-order valence-corrected chi connectivity index (χ3v) is 3.00. The second kappa shape index (κ2) is 5.01. The van der Waals surface area contributed by atoms with E-state index >= 15 is 0 Å². The molecule has 1 aliphatic carbocycles. The lowest BCUT2D eigenvalue weighted by atomic mass is 9.95. The SMILES string of the molecule is O=C(Cc1cc[nH]c1)NC1CCCCC1. The highest BCUT2D eigenvalue weighted by Crippen LogP contribution is 2.17. The standard InChI is InChI=1S/C12H18N2O/c15-12(8-10-6-7-13-9-10)14-11-4-2-1-3-5-11/h6-7,9,11,13H,1-5,8H2,(H,14,15). The minimum atomic E-state index is 0.154. The first-order valence-electron chi connectivity index (χ1n) is 5.75. The second-order valence-electron chi connectivity index (χ2n) is 4.30. The molecule has 0 aromatic carbocycles. The van der Waals surface area contributed by atoms with Gasteiger partial charge in [0.05, 0.1) is 6.42 Å². The predicted octanol–water partition coefficient (Wildman–Crippen LogP) is 2.01. The van der Waals surface area contributed by atoms with Crippen molar-refractivity contribution >= 4 is 5.91 Å². The van der Waals surface area contributed by atoms with Crippen LogP contribution < -0.4 is 5.32 Å². The third-order valence-electron chi connectivity index (χ3n) is 3.00. The van der Waals surface area contributed by atoms with Crippen LogP contribution in [-0.2, 0) is 11.2 Å². The van der Waals surface area contributed by atoms with Crippen molar-refractivity contribution in [3.05, 3.63) is 24.0 Å². The van der Waals surface area contributed by atoms with Crippen molar-refractivity contribution in [2.45, 2.75) is 44.6 Å². The van der Waals surface area contributed by atoms with Gasteiger partial charge in [0.15, 0.2) is 0 Å². The van der Waals surface area contributed by atoms with Crippen LogP contribution >= 0.6 is 0 Å². The molecular weight excluding hydrogens is 188 g/mol. The van der Waals surface area contributed by atoms with E-state index in [1.807, 2.05) is 18.5 Å². The molecule has 1 aliphatic rings. The molecule has 2 N–H and O–H groups in total. The summed E-state index contributed by atoms with van der Waals surface area (Å²) in [5, 5.41) is 3.10. The summed E-state index contributed by atoms with van der Waals surface area (Å²) in [7, 11) is 0. The number of hydrogen-bond acceptors (Lipinski definition) is 1. The van der Waals surface area contributed by atoms with Gasteiger partial charge in [-0.15, -0.1) is 0 Å². The van der Waals surface area contributed by atoms with Gasteiger partial charge >= 0.3 is 0 Å². The maximum atomic E-state index is 11.7.